The van der Waals surface area contributed by atoms with Crippen molar-refractivity contribution >= 4 is 15.7 Å². The summed E-state index contributed by atoms with van der Waals surface area (Å²) in [5.74, 6) is -0.0295. The fourth-order valence-corrected chi connectivity index (χ4v) is 4.45. The predicted molar refractivity (Wildman–Crippen MR) is 87.2 cm³/mol. The van der Waals surface area contributed by atoms with E-state index in [1.807, 2.05) is 54.6 Å². The molecule has 0 fully saturated rings. The number of hydrogen-bond acceptors (Lipinski definition) is 3. The number of benzene rings is 2. The van der Waals surface area contributed by atoms with Gasteiger partial charge in [-0.25, -0.2) is 8.42 Å². The number of fused-ring (bicyclic) bond motifs is 1. The fraction of sp³-hybridized carbons (Fsp3) is 0.294. The van der Waals surface area contributed by atoms with Gasteiger partial charge in [-0.15, -0.1) is 0 Å². The van der Waals surface area contributed by atoms with Gasteiger partial charge in [-0.05, 0) is 23.6 Å². The van der Waals surface area contributed by atoms with Gasteiger partial charge in [0.25, 0.3) is 0 Å². The molecule has 1 aliphatic heterocycles. The molecule has 0 aliphatic carbocycles. The van der Waals surface area contributed by atoms with E-state index >= 15 is 0 Å². The molecule has 1 unspecified atom stereocenters. The lowest BCUT2D eigenvalue weighted by Crippen LogP contribution is -2.33. The van der Waals surface area contributed by atoms with E-state index in [2.05, 4.69) is 0 Å². The highest BCUT2D eigenvalue weighted by atomic mass is 32.2. The maximum absolute atomic E-state index is 12.8. The molecule has 22 heavy (non-hydrogen) atoms. The van der Waals surface area contributed by atoms with E-state index in [0.717, 1.165) is 11.1 Å². The van der Waals surface area contributed by atoms with E-state index in [1.165, 1.54) is 4.31 Å². The zero-order valence-electron chi connectivity index (χ0n) is 12.2. The third-order valence-electron chi connectivity index (χ3n) is 3.91. The maximum Gasteiger partial charge on any atom is 0.239 e. The van der Waals surface area contributed by atoms with E-state index in [0.29, 0.717) is 25.1 Å². The van der Waals surface area contributed by atoms with Crippen molar-refractivity contribution < 1.29 is 13.5 Å². The van der Waals surface area contributed by atoms with Crippen LogP contribution in [0.25, 0.3) is 0 Å². The Bertz CT molecular complexity index is 744. The summed E-state index contributed by atoms with van der Waals surface area (Å²) >= 11 is 0. The van der Waals surface area contributed by atoms with Crippen molar-refractivity contribution in [1.82, 2.24) is 0 Å². The first kappa shape index (κ1) is 15.1. The van der Waals surface area contributed by atoms with Gasteiger partial charge >= 0.3 is 0 Å². The normalized spacial score (nSPS) is 18.6. The minimum atomic E-state index is -3.47. The lowest BCUT2D eigenvalue weighted by Gasteiger charge is -2.24. The van der Waals surface area contributed by atoms with Crippen molar-refractivity contribution in [3.63, 3.8) is 0 Å². The summed E-state index contributed by atoms with van der Waals surface area (Å²) in [7, 11) is -3.47. The standard InChI is InChI=1S/C17H19NO3S/c19-16-10-11-18(17-9-5-4-8-15(17)12-16)22(20,21)13-14-6-2-1-3-7-14/h1-9,16,19H,10-13H2. The molecule has 0 radical (unpaired) electrons. The molecule has 0 amide bonds. The van der Waals surface area contributed by atoms with Gasteiger partial charge in [-0.2, -0.15) is 0 Å². The molecule has 0 saturated carbocycles. The highest BCUT2D eigenvalue weighted by Crippen LogP contribution is 2.29. The largest absolute Gasteiger partial charge is 0.393 e. The van der Waals surface area contributed by atoms with Crippen molar-refractivity contribution in [3.8, 4) is 0 Å². The van der Waals surface area contributed by atoms with Crippen LogP contribution in [-0.2, 0) is 22.2 Å². The van der Waals surface area contributed by atoms with E-state index in [4.69, 9.17) is 0 Å². The number of aliphatic hydroxyl groups excluding tert-OH is 1. The van der Waals surface area contributed by atoms with E-state index < -0.39 is 16.1 Å². The van der Waals surface area contributed by atoms with Gasteiger partial charge in [0.15, 0.2) is 0 Å². The smallest absolute Gasteiger partial charge is 0.239 e. The number of sulfonamides is 1. The molecule has 3 rings (SSSR count). The Labute approximate surface area is 131 Å². The summed E-state index contributed by atoms with van der Waals surface area (Å²) < 4.78 is 27.1. The molecule has 4 nitrogen and oxygen atoms in total. The van der Waals surface area contributed by atoms with E-state index in [9.17, 15) is 13.5 Å². The zero-order chi connectivity index (χ0) is 15.6. The van der Waals surface area contributed by atoms with Crippen molar-refractivity contribution in [1.29, 1.82) is 0 Å². The predicted octanol–water partition coefficient (Wildman–Crippen LogP) is 2.33. The number of anilines is 1. The maximum atomic E-state index is 12.8. The van der Waals surface area contributed by atoms with Gasteiger partial charge in [0, 0.05) is 13.0 Å². The summed E-state index contributed by atoms with van der Waals surface area (Å²) in [5, 5.41) is 9.99. The van der Waals surface area contributed by atoms with E-state index in [1.54, 1.807) is 0 Å². The van der Waals surface area contributed by atoms with Gasteiger partial charge < -0.3 is 5.11 Å². The first-order valence-corrected chi connectivity index (χ1v) is 8.97. The molecule has 5 heteroatoms. The molecule has 0 spiro atoms. The quantitative estimate of drug-likeness (QED) is 0.945. The van der Waals surface area contributed by atoms with Crippen molar-refractivity contribution in [3.05, 3.63) is 65.7 Å². The molecular formula is C17H19NO3S. The second-order valence-corrected chi connectivity index (χ2v) is 7.48. The Hall–Kier alpha value is -1.85. The Morgan fingerprint density at radius 1 is 1.05 bits per heavy atom. The molecule has 1 heterocycles. The molecule has 116 valence electrons. The molecule has 0 bridgehead atoms. The van der Waals surface area contributed by atoms with Gasteiger partial charge in [-0.3, -0.25) is 4.31 Å². The lowest BCUT2D eigenvalue weighted by molar-refractivity contribution is 0.170. The van der Waals surface area contributed by atoms with Gasteiger partial charge in [-0.1, -0.05) is 48.5 Å². The third kappa shape index (κ3) is 3.15. The summed E-state index contributed by atoms with van der Waals surface area (Å²) in [6.45, 7) is 0.313. The second-order valence-electron chi connectivity index (χ2n) is 5.59. The van der Waals surface area contributed by atoms with Crippen LogP contribution in [-0.4, -0.2) is 26.2 Å². The highest BCUT2D eigenvalue weighted by Gasteiger charge is 2.28. The number of rotatable bonds is 3. The molecule has 1 N–H and O–H groups in total. The van der Waals surface area contributed by atoms with E-state index in [-0.39, 0.29) is 5.75 Å². The fourth-order valence-electron chi connectivity index (χ4n) is 2.82. The Balaban J connectivity index is 1.96. The lowest BCUT2D eigenvalue weighted by atomic mass is 10.1. The molecular weight excluding hydrogens is 298 g/mol. The van der Waals surface area contributed by atoms with Gasteiger partial charge in [0.05, 0.1) is 17.5 Å². The Morgan fingerprint density at radius 3 is 2.50 bits per heavy atom. The van der Waals surface area contributed by atoms with Crippen LogP contribution >= 0.6 is 0 Å². The Morgan fingerprint density at radius 2 is 1.73 bits per heavy atom. The van der Waals surface area contributed by atoms with Crippen LogP contribution in [0.3, 0.4) is 0 Å². The van der Waals surface area contributed by atoms with Crippen molar-refractivity contribution in [2.75, 3.05) is 10.8 Å². The molecule has 2 aromatic rings. The van der Waals surface area contributed by atoms with Crippen molar-refractivity contribution in [2.45, 2.75) is 24.7 Å². The molecule has 2 aromatic carbocycles. The SMILES string of the molecule is O=S(=O)(Cc1ccccc1)N1CCC(O)Cc2ccccc21. The van der Waals surface area contributed by atoms with Gasteiger partial charge in [0.1, 0.15) is 0 Å². The Kier molecular flexibility index (Phi) is 4.18. The monoisotopic (exact) mass is 317 g/mol. The highest BCUT2D eigenvalue weighted by molar-refractivity contribution is 7.92. The molecule has 0 saturated heterocycles. The summed E-state index contributed by atoms with van der Waals surface area (Å²) in [6.07, 6.45) is 0.439. The van der Waals surface area contributed by atoms with Gasteiger partial charge in [0.2, 0.25) is 10.0 Å². The van der Waals surface area contributed by atoms with Crippen LogP contribution in [0, 0.1) is 0 Å². The summed E-state index contributed by atoms with van der Waals surface area (Å²) in [5.41, 5.74) is 2.34. The number of aliphatic hydroxyl groups is 1. The minimum Gasteiger partial charge on any atom is -0.393 e. The van der Waals surface area contributed by atoms with Crippen LogP contribution in [0.5, 0.6) is 0 Å². The van der Waals surface area contributed by atoms with Crippen LogP contribution in [0.1, 0.15) is 17.5 Å². The second kappa shape index (κ2) is 6.10. The summed E-state index contributed by atoms with van der Waals surface area (Å²) in [4.78, 5) is 0. The van der Waals surface area contributed by atoms with Crippen LogP contribution < -0.4 is 4.31 Å². The first-order valence-electron chi connectivity index (χ1n) is 7.36. The molecule has 0 aromatic heterocycles. The van der Waals surface area contributed by atoms with Crippen LogP contribution in [0.4, 0.5) is 5.69 Å². The number of para-hydroxylation sites is 1. The summed E-state index contributed by atoms with van der Waals surface area (Å²) in [6, 6.07) is 16.6. The first-order chi connectivity index (χ1) is 10.6. The van der Waals surface area contributed by atoms with Crippen molar-refractivity contribution in [2.24, 2.45) is 0 Å². The number of nitrogens with zero attached hydrogens (tertiary/aromatic N) is 1. The average molecular weight is 317 g/mol. The number of hydrogen-bond donors (Lipinski definition) is 1. The van der Waals surface area contributed by atoms with Crippen LogP contribution in [0.15, 0.2) is 54.6 Å². The molecule has 1 atom stereocenters. The average Bonchev–Trinajstić information content (AvgIpc) is 2.66. The van der Waals surface area contributed by atoms with Crippen LogP contribution in [0.2, 0.25) is 0 Å². The topological polar surface area (TPSA) is 57.6 Å². The minimum absolute atomic E-state index is 0.0295. The molecule has 1 aliphatic rings. The zero-order valence-corrected chi connectivity index (χ0v) is 13.0. The third-order valence-corrected chi connectivity index (χ3v) is 5.66.